The number of ether oxygens (including phenoxy) is 1. The molecule has 1 aliphatic rings. The second-order valence-electron chi connectivity index (χ2n) is 4.55. The lowest BCUT2D eigenvalue weighted by Crippen LogP contribution is -2.40. The second-order valence-corrected chi connectivity index (χ2v) is 4.55. The molecule has 0 aromatic heterocycles. The summed E-state index contributed by atoms with van der Waals surface area (Å²) in [6.45, 7) is 2.80. The minimum Gasteiger partial charge on any atom is -0.382 e. The maximum Gasteiger partial charge on any atom is 0.251 e. The molecule has 0 aliphatic heterocycles. The molecule has 0 atom stereocenters. The standard InChI is InChI=1S/C14H20N2O2/c1-3-18-13-8-12(9-13)16-11-6-4-5-10(7-11)14(17)15-2/h4-7,12-13,16H,3,8-9H2,1-2H3,(H,15,17). The average Bonchev–Trinajstić information content (AvgIpc) is 2.36. The molecule has 98 valence electrons. The summed E-state index contributed by atoms with van der Waals surface area (Å²) in [5.41, 5.74) is 1.68. The van der Waals surface area contributed by atoms with Crippen LogP contribution in [0.15, 0.2) is 24.3 Å². The lowest BCUT2D eigenvalue weighted by molar-refractivity contribution is 0.00299. The molecule has 0 heterocycles. The molecule has 2 rings (SSSR count). The van der Waals surface area contributed by atoms with Crippen LogP contribution in [-0.4, -0.2) is 31.7 Å². The van der Waals surface area contributed by atoms with E-state index < -0.39 is 0 Å². The van der Waals surface area contributed by atoms with E-state index in [1.54, 1.807) is 7.05 Å². The molecule has 1 aromatic rings. The Morgan fingerprint density at radius 1 is 1.44 bits per heavy atom. The van der Waals surface area contributed by atoms with Gasteiger partial charge in [0.2, 0.25) is 0 Å². The van der Waals surface area contributed by atoms with E-state index in [9.17, 15) is 4.79 Å². The van der Waals surface area contributed by atoms with Gasteiger partial charge in [-0.05, 0) is 38.0 Å². The maximum atomic E-state index is 11.5. The van der Waals surface area contributed by atoms with Gasteiger partial charge in [0.15, 0.2) is 0 Å². The minimum absolute atomic E-state index is 0.0561. The predicted molar refractivity (Wildman–Crippen MR) is 71.9 cm³/mol. The van der Waals surface area contributed by atoms with Crippen LogP contribution in [0.2, 0.25) is 0 Å². The number of benzene rings is 1. The molecular formula is C14H20N2O2. The Labute approximate surface area is 108 Å². The molecule has 0 spiro atoms. The van der Waals surface area contributed by atoms with Gasteiger partial charge in [-0.25, -0.2) is 0 Å². The van der Waals surface area contributed by atoms with E-state index in [1.165, 1.54) is 0 Å². The van der Waals surface area contributed by atoms with Crippen LogP contribution in [0.3, 0.4) is 0 Å². The van der Waals surface area contributed by atoms with Crippen molar-refractivity contribution in [3.8, 4) is 0 Å². The highest BCUT2D eigenvalue weighted by molar-refractivity contribution is 5.94. The van der Waals surface area contributed by atoms with Gasteiger partial charge in [-0.1, -0.05) is 6.07 Å². The number of carbonyl (C=O) groups is 1. The van der Waals surface area contributed by atoms with Crippen LogP contribution < -0.4 is 10.6 Å². The van der Waals surface area contributed by atoms with Gasteiger partial charge in [-0.2, -0.15) is 0 Å². The van der Waals surface area contributed by atoms with Crippen molar-refractivity contribution >= 4 is 11.6 Å². The highest BCUT2D eigenvalue weighted by Gasteiger charge is 2.29. The molecule has 1 aliphatic carbocycles. The second kappa shape index (κ2) is 5.87. The van der Waals surface area contributed by atoms with Crippen molar-refractivity contribution in [2.45, 2.75) is 31.9 Å². The molecule has 1 saturated carbocycles. The van der Waals surface area contributed by atoms with Gasteiger partial charge < -0.3 is 15.4 Å². The minimum atomic E-state index is -0.0561. The summed E-state index contributed by atoms with van der Waals surface area (Å²) in [4.78, 5) is 11.5. The zero-order valence-corrected chi connectivity index (χ0v) is 10.9. The highest BCUT2D eigenvalue weighted by atomic mass is 16.5. The lowest BCUT2D eigenvalue weighted by Gasteiger charge is -2.36. The van der Waals surface area contributed by atoms with Crippen molar-refractivity contribution in [2.75, 3.05) is 19.0 Å². The van der Waals surface area contributed by atoms with E-state index in [-0.39, 0.29) is 5.91 Å². The van der Waals surface area contributed by atoms with Crippen LogP contribution in [0.25, 0.3) is 0 Å². The Kier molecular flexibility index (Phi) is 4.20. The van der Waals surface area contributed by atoms with Crippen molar-refractivity contribution in [2.24, 2.45) is 0 Å². The summed E-state index contributed by atoms with van der Waals surface area (Å²) in [6.07, 6.45) is 2.48. The molecule has 0 radical (unpaired) electrons. The topological polar surface area (TPSA) is 50.4 Å². The van der Waals surface area contributed by atoms with Gasteiger partial charge in [0, 0.05) is 30.9 Å². The summed E-state index contributed by atoms with van der Waals surface area (Å²) in [5, 5.41) is 6.05. The van der Waals surface area contributed by atoms with Gasteiger partial charge in [0.05, 0.1) is 6.10 Å². The quantitative estimate of drug-likeness (QED) is 0.838. The smallest absolute Gasteiger partial charge is 0.251 e. The summed E-state index contributed by atoms with van der Waals surface area (Å²) in [7, 11) is 1.64. The fourth-order valence-electron chi connectivity index (χ4n) is 2.19. The van der Waals surface area contributed by atoms with Crippen LogP contribution in [0.1, 0.15) is 30.1 Å². The molecule has 0 saturated heterocycles. The summed E-state index contributed by atoms with van der Waals surface area (Å²) < 4.78 is 5.52. The predicted octanol–water partition coefficient (Wildman–Crippen LogP) is 2.03. The van der Waals surface area contributed by atoms with Crippen LogP contribution in [0, 0.1) is 0 Å². The Morgan fingerprint density at radius 2 is 2.22 bits per heavy atom. The summed E-state index contributed by atoms with van der Waals surface area (Å²) >= 11 is 0. The first-order valence-electron chi connectivity index (χ1n) is 6.43. The third-order valence-corrected chi connectivity index (χ3v) is 3.22. The molecule has 0 unspecified atom stereocenters. The number of amides is 1. The molecule has 1 fully saturated rings. The first kappa shape index (κ1) is 12.9. The third kappa shape index (κ3) is 3.01. The Balaban J connectivity index is 1.89. The maximum absolute atomic E-state index is 11.5. The van der Waals surface area contributed by atoms with E-state index in [0.717, 1.165) is 25.1 Å². The first-order chi connectivity index (χ1) is 8.72. The van der Waals surface area contributed by atoms with Crippen molar-refractivity contribution in [3.63, 3.8) is 0 Å². The normalized spacial score (nSPS) is 22.1. The van der Waals surface area contributed by atoms with Gasteiger partial charge in [-0.15, -0.1) is 0 Å². The van der Waals surface area contributed by atoms with Crippen molar-refractivity contribution < 1.29 is 9.53 Å². The molecule has 1 aromatic carbocycles. The van der Waals surface area contributed by atoms with Crippen LogP contribution in [-0.2, 0) is 4.74 Å². The largest absolute Gasteiger partial charge is 0.382 e. The van der Waals surface area contributed by atoms with Crippen LogP contribution in [0.5, 0.6) is 0 Å². The van der Waals surface area contributed by atoms with Gasteiger partial charge in [0.1, 0.15) is 0 Å². The van der Waals surface area contributed by atoms with E-state index in [2.05, 4.69) is 10.6 Å². The van der Waals surface area contributed by atoms with E-state index in [0.29, 0.717) is 17.7 Å². The number of anilines is 1. The SMILES string of the molecule is CCOC1CC(Nc2cccc(C(=O)NC)c2)C1. The van der Waals surface area contributed by atoms with Crippen LogP contribution >= 0.6 is 0 Å². The molecule has 18 heavy (non-hydrogen) atoms. The average molecular weight is 248 g/mol. The highest BCUT2D eigenvalue weighted by Crippen LogP contribution is 2.27. The van der Waals surface area contributed by atoms with Gasteiger partial charge in [0.25, 0.3) is 5.91 Å². The number of rotatable bonds is 5. The number of hydrogen-bond donors (Lipinski definition) is 2. The summed E-state index contributed by atoms with van der Waals surface area (Å²) in [5.74, 6) is -0.0561. The number of carbonyl (C=O) groups excluding carboxylic acids is 1. The molecule has 2 N–H and O–H groups in total. The zero-order valence-electron chi connectivity index (χ0n) is 10.9. The summed E-state index contributed by atoms with van der Waals surface area (Å²) in [6, 6.07) is 8.04. The van der Waals surface area contributed by atoms with Crippen LogP contribution in [0.4, 0.5) is 5.69 Å². The Bertz CT molecular complexity index is 414. The van der Waals surface area contributed by atoms with E-state index in [1.807, 2.05) is 31.2 Å². The molecule has 4 heteroatoms. The van der Waals surface area contributed by atoms with E-state index in [4.69, 9.17) is 4.74 Å². The fraction of sp³-hybridized carbons (Fsp3) is 0.500. The molecule has 4 nitrogen and oxygen atoms in total. The zero-order chi connectivity index (χ0) is 13.0. The third-order valence-electron chi connectivity index (χ3n) is 3.22. The Morgan fingerprint density at radius 3 is 2.89 bits per heavy atom. The number of nitrogens with one attached hydrogen (secondary N) is 2. The lowest BCUT2D eigenvalue weighted by atomic mass is 9.89. The molecular weight excluding hydrogens is 228 g/mol. The number of hydrogen-bond acceptors (Lipinski definition) is 3. The molecule has 1 amide bonds. The van der Waals surface area contributed by atoms with Crippen molar-refractivity contribution in [1.29, 1.82) is 0 Å². The Hall–Kier alpha value is -1.55. The van der Waals surface area contributed by atoms with Gasteiger partial charge in [-0.3, -0.25) is 4.79 Å². The first-order valence-corrected chi connectivity index (χ1v) is 6.43. The van der Waals surface area contributed by atoms with E-state index >= 15 is 0 Å². The van der Waals surface area contributed by atoms with Crippen molar-refractivity contribution in [1.82, 2.24) is 5.32 Å². The van der Waals surface area contributed by atoms with Gasteiger partial charge >= 0.3 is 0 Å². The molecule has 0 bridgehead atoms. The fourth-order valence-corrected chi connectivity index (χ4v) is 2.19. The van der Waals surface area contributed by atoms with Crippen molar-refractivity contribution in [3.05, 3.63) is 29.8 Å². The monoisotopic (exact) mass is 248 g/mol.